The molecule has 4 aromatic rings. The minimum absolute atomic E-state index is 0.0523. The Bertz CT molecular complexity index is 1220. The summed E-state index contributed by atoms with van der Waals surface area (Å²) in [6.07, 6.45) is 3.44. The molecule has 0 unspecified atom stereocenters. The maximum Gasteiger partial charge on any atom is 0.261 e. The van der Waals surface area contributed by atoms with Crippen molar-refractivity contribution in [3.63, 3.8) is 0 Å². The van der Waals surface area contributed by atoms with E-state index in [0.717, 1.165) is 22.3 Å². The third-order valence-corrected chi connectivity index (χ3v) is 5.50. The summed E-state index contributed by atoms with van der Waals surface area (Å²) in [6.45, 7) is 6.29. The number of furan rings is 1. The lowest BCUT2D eigenvalue weighted by molar-refractivity contribution is 0.534. The number of nitrogens with zero attached hydrogens (tertiary/aromatic N) is 5. The van der Waals surface area contributed by atoms with E-state index in [9.17, 15) is 4.79 Å². The van der Waals surface area contributed by atoms with Crippen molar-refractivity contribution >= 4 is 22.7 Å². The van der Waals surface area contributed by atoms with E-state index in [-0.39, 0.29) is 5.56 Å². The molecule has 0 fully saturated rings. The average Bonchev–Trinajstić information content (AvgIpc) is 3.29. The zero-order valence-corrected chi connectivity index (χ0v) is 16.4. The molecule has 1 aromatic carbocycles. The fourth-order valence-electron chi connectivity index (χ4n) is 3.03. The predicted molar refractivity (Wildman–Crippen MR) is 109 cm³/mol. The molecular formula is C20H19N5O2S. The first-order chi connectivity index (χ1) is 13.6. The van der Waals surface area contributed by atoms with Crippen molar-refractivity contribution < 1.29 is 4.42 Å². The van der Waals surface area contributed by atoms with Gasteiger partial charge in [-0.2, -0.15) is 0 Å². The molecular weight excluding hydrogens is 374 g/mol. The van der Waals surface area contributed by atoms with Crippen LogP contribution in [-0.2, 0) is 19.3 Å². The smallest absolute Gasteiger partial charge is 0.261 e. The molecule has 3 heterocycles. The number of hydrogen-bond acceptors (Lipinski definition) is 6. The standard InChI is InChI=1S/C20H19N5O2S/c1-4-10-25-18(14-9-11-27-13(14)2)22-23-20(25)28-12-17-21-16-8-6-5-7-15(16)19(26)24(17)3/h4-9,11H,1,10,12H2,2-3H3. The summed E-state index contributed by atoms with van der Waals surface area (Å²) in [5.74, 6) is 2.70. The van der Waals surface area contributed by atoms with Crippen molar-refractivity contribution in [2.75, 3.05) is 0 Å². The number of allylic oxidation sites excluding steroid dienone is 1. The van der Waals surface area contributed by atoms with Crippen LogP contribution in [0.25, 0.3) is 22.3 Å². The van der Waals surface area contributed by atoms with E-state index in [1.54, 1.807) is 30.0 Å². The van der Waals surface area contributed by atoms with Crippen LogP contribution in [0.15, 0.2) is 63.6 Å². The quantitative estimate of drug-likeness (QED) is 0.368. The molecule has 142 valence electrons. The van der Waals surface area contributed by atoms with Gasteiger partial charge < -0.3 is 4.42 Å². The molecule has 7 nitrogen and oxygen atoms in total. The van der Waals surface area contributed by atoms with Crippen molar-refractivity contribution in [1.29, 1.82) is 0 Å². The molecule has 0 spiro atoms. The topological polar surface area (TPSA) is 78.7 Å². The highest BCUT2D eigenvalue weighted by molar-refractivity contribution is 7.98. The van der Waals surface area contributed by atoms with E-state index >= 15 is 0 Å². The predicted octanol–water partition coefficient (Wildman–Crippen LogP) is 3.57. The highest BCUT2D eigenvalue weighted by Crippen LogP contribution is 2.28. The summed E-state index contributed by atoms with van der Waals surface area (Å²) in [5.41, 5.74) is 1.55. The summed E-state index contributed by atoms with van der Waals surface area (Å²) in [5, 5.41) is 10.0. The van der Waals surface area contributed by atoms with Crippen LogP contribution in [-0.4, -0.2) is 24.3 Å². The van der Waals surface area contributed by atoms with Crippen LogP contribution in [0.4, 0.5) is 0 Å². The zero-order valence-electron chi connectivity index (χ0n) is 15.6. The van der Waals surface area contributed by atoms with Crippen LogP contribution in [0.1, 0.15) is 11.6 Å². The van der Waals surface area contributed by atoms with Crippen molar-refractivity contribution in [2.45, 2.75) is 24.4 Å². The number of para-hydroxylation sites is 1. The van der Waals surface area contributed by atoms with Gasteiger partial charge in [0.15, 0.2) is 11.0 Å². The number of aromatic nitrogens is 5. The van der Waals surface area contributed by atoms with Crippen LogP contribution in [0.5, 0.6) is 0 Å². The van der Waals surface area contributed by atoms with Crippen LogP contribution in [0.3, 0.4) is 0 Å². The van der Waals surface area contributed by atoms with E-state index < -0.39 is 0 Å². The maximum atomic E-state index is 12.6. The molecule has 3 aromatic heterocycles. The Kier molecular flexibility index (Phi) is 4.87. The molecule has 0 N–H and O–H groups in total. The van der Waals surface area contributed by atoms with Crippen LogP contribution >= 0.6 is 11.8 Å². The second-order valence-corrected chi connectivity index (χ2v) is 7.24. The number of benzene rings is 1. The van der Waals surface area contributed by atoms with Crippen molar-refractivity contribution in [1.82, 2.24) is 24.3 Å². The SMILES string of the molecule is C=CCn1c(SCc2nc3ccccc3c(=O)n2C)nnc1-c1ccoc1C. The lowest BCUT2D eigenvalue weighted by atomic mass is 10.2. The molecule has 0 amide bonds. The van der Waals surface area contributed by atoms with Crippen LogP contribution in [0.2, 0.25) is 0 Å². The molecule has 0 atom stereocenters. The van der Waals surface area contributed by atoms with Crippen molar-refractivity contribution in [3.05, 3.63) is 71.2 Å². The van der Waals surface area contributed by atoms with Gasteiger partial charge in [-0.25, -0.2) is 4.98 Å². The summed E-state index contributed by atoms with van der Waals surface area (Å²) in [6, 6.07) is 9.25. The van der Waals surface area contributed by atoms with E-state index in [0.29, 0.717) is 29.0 Å². The Morgan fingerprint density at radius 2 is 2.07 bits per heavy atom. The van der Waals surface area contributed by atoms with E-state index in [1.807, 2.05) is 35.8 Å². The molecule has 0 aliphatic heterocycles. The molecule has 28 heavy (non-hydrogen) atoms. The Morgan fingerprint density at radius 3 is 2.82 bits per heavy atom. The van der Waals surface area contributed by atoms with Crippen LogP contribution < -0.4 is 5.56 Å². The average molecular weight is 393 g/mol. The molecule has 0 saturated carbocycles. The molecule has 8 heteroatoms. The number of thioether (sulfide) groups is 1. The molecule has 0 aliphatic rings. The highest BCUT2D eigenvalue weighted by Gasteiger charge is 2.17. The first-order valence-electron chi connectivity index (χ1n) is 8.76. The van der Waals surface area contributed by atoms with Gasteiger partial charge in [0.2, 0.25) is 0 Å². The Labute approximate surface area is 165 Å². The molecule has 0 radical (unpaired) electrons. The zero-order chi connectivity index (χ0) is 19.7. The fraction of sp³-hybridized carbons (Fsp3) is 0.200. The fourth-order valence-corrected chi connectivity index (χ4v) is 3.96. The Hall–Kier alpha value is -3.13. The second kappa shape index (κ2) is 7.47. The number of hydrogen-bond donors (Lipinski definition) is 0. The Morgan fingerprint density at radius 1 is 1.25 bits per heavy atom. The number of fused-ring (bicyclic) bond motifs is 1. The first-order valence-corrected chi connectivity index (χ1v) is 9.74. The van der Waals surface area contributed by atoms with Crippen molar-refractivity contribution in [2.24, 2.45) is 7.05 Å². The minimum atomic E-state index is -0.0523. The monoisotopic (exact) mass is 393 g/mol. The minimum Gasteiger partial charge on any atom is -0.469 e. The van der Waals surface area contributed by atoms with Crippen molar-refractivity contribution in [3.8, 4) is 11.4 Å². The largest absolute Gasteiger partial charge is 0.469 e. The third kappa shape index (κ3) is 3.16. The molecule has 0 aliphatic carbocycles. The normalized spacial score (nSPS) is 11.2. The first kappa shape index (κ1) is 18.2. The summed E-state index contributed by atoms with van der Waals surface area (Å²) < 4.78 is 8.97. The number of rotatable bonds is 6. The lowest BCUT2D eigenvalue weighted by Crippen LogP contribution is -2.22. The summed E-state index contributed by atoms with van der Waals surface area (Å²) >= 11 is 1.48. The molecule has 0 bridgehead atoms. The van der Waals surface area contributed by atoms with Gasteiger partial charge in [-0.1, -0.05) is 30.0 Å². The Balaban J connectivity index is 1.67. The summed E-state index contributed by atoms with van der Waals surface area (Å²) in [4.78, 5) is 17.2. The summed E-state index contributed by atoms with van der Waals surface area (Å²) in [7, 11) is 1.74. The van der Waals surface area contributed by atoms with Crippen LogP contribution in [0, 0.1) is 6.92 Å². The van der Waals surface area contributed by atoms with Gasteiger partial charge in [0.1, 0.15) is 11.6 Å². The van der Waals surface area contributed by atoms with Gasteiger partial charge in [-0.3, -0.25) is 13.9 Å². The molecule has 4 rings (SSSR count). The van der Waals surface area contributed by atoms with Gasteiger partial charge in [0.25, 0.3) is 5.56 Å². The second-order valence-electron chi connectivity index (χ2n) is 6.29. The van der Waals surface area contributed by atoms with Gasteiger partial charge in [0.05, 0.1) is 28.5 Å². The third-order valence-electron chi connectivity index (χ3n) is 4.53. The molecule has 0 saturated heterocycles. The van der Waals surface area contributed by atoms with Gasteiger partial charge in [-0.05, 0) is 25.1 Å². The maximum absolute atomic E-state index is 12.6. The lowest BCUT2D eigenvalue weighted by Gasteiger charge is -2.10. The van der Waals surface area contributed by atoms with Gasteiger partial charge >= 0.3 is 0 Å². The van der Waals surface area contributed by atoms with E-state index in [2.05, 4.69) is 21.8 Å². The van der Waals surface area contributed by atoms with E-state index in [4.69, 9.17) is 4.42 Å². The number of aryl methyl sites for hydroxylation is 1. The van der Waals surface area contributed by atoms with Gasteiger partial charge in [-0.15, -0.1) is 16.8 Å². The van der Waals surface area contributed by atoms with E-state index in [1.165, 1.54) is 11.8 Å². The highest BCUT2D eigenvalue weighted by atomic mass is 32.2. The van der Waals surface area contributed by atoms with Gasteiger partial charge in [0, 0.05) is 13.6 Å².